The number of hydrogen-bond donors (Lipinski definition) is 0. The van der Waals surface area contributed by atoms with Crippen molar-refractivity contribution < 1.29 is 19.1 Å². The molecule has 0 saturated heterocycles. The molecule has 16 heavy (non-hydrogen) atoms. The molecule has 0 saturated carbocycles. The first-order valence-electron chi connectivity index (χ1n) is 4.63. The van der Waals surface area contributed by atoms with Crippen LogP contribution in [0.25, 0.3) is 0 Å². The Morgan fingerprint density at radius 2 is 2.19 bits per heavy atom. The van der Waals surface area contributed by atoms with Crippen molar-refractivity contribution in [2.24, 2.45) is 0 Å². The number of ether oxygens (including phenoxy) is 2. The Labute approximate surface area is 98.1 Å². The first-order chi connectivity index (χ1) is 7.63. The van der Waals surface area contributed by atoms with Crippen molar-refractivity contribution >= 4 is 23.9 Å². The smallest absolute Gasteiger partial charge is 0.341 e. The van der Waals surface area contributed by atoms with E-state index in [-0.39, 0.29) is 28.5 Å². The number of aldehydes is 1. The lowest BCUT2D eigenvalue weighted by Gasteiger charge is -2.09. The number of hydrogen-bond acceptors (Lipinski definition) is 4. The Kier molecular flexibility index (Phi) is 4.31. The van der Waals surface area contributed by atoms with Crippen LogP contribution in [0.2, 0.25) is 5.02 Å². The second kappa shape index (κ2) is 5.51. The molecule has 0 aliphatic rings. The van der Waals surface area contributed by atoms with E-state index in [4.69, 9.17) is 21.1 Å². The van der Waals surface area contributed by atoms with E-state index in [0.29, 0.717) is 6.29 Å². The maximum Gasteiger partial charge on any atom is 0.341 e. The van der Waals surface area contributed by atoms with E-state index in [0.717, 1.165) is 0 Å². The summed E-state index contributed by atoms with van der Waals surface area (Å²) in [5, 5.41) is 0.193. The number of halogens is 1. The molecule has 0 fully saturated rings. The minimum Gasteiger partial charge on any atom is -0.496 e. The van der Waals surface area contributed by atoms with Gasteiger partial charge in [0.25, 0.3) is 0 Å². The van der Waals surface area contributed by atoms with E-state index in [2.05, 4.69) is 0 Å². The Bertz CT molecular complexity index is 415. The number of esters is 1. The van der Waals surface area contributed by atoms with Crippen LogP contribution in [0.4, 0.5) is 0 Å². The molecular weight excluding hydrogens is 232 g/mol. The van der Waals surface area contributed by atoms with Crippen LogP contribution in [0.1, 0.15) is 27.6 Å². The number of benzene rings is 1. The monoisotopic (exact) mass is 242 g/mol. The molecule has 0 spiro atoms. The number of carbonyl (C=O) groups is 2. The average Bonchev–Trinajstić information content (AvgIpc) is 2.29. The van der Waals surface area contributed by atoms with Gasteiger partial charge in [-0.25, -0.2) is 4.79 Å². The summed E-state index contributed by atoms with van der Waals surface area (Å²) >= 11 is 5.81. The minimum absolute atomic E-state index is 0.193. The summed E-state index contributed by atoms with van der Waals surface area (Å²) in [4.78, 5) is 22.2. The molecular formula is C11H11ClO4. The number of rotatable bonds is 4. The van der Waals surface area contributed by atoms with E-state index in [1.54, 1.807) is 6.92 Å². The first kappa shape index (κ1) is 12.5. The Morgan fingerprint density at radius 3 is 2.69 bits per heavy atom. The van der Waals surface area contributed by atoms with Crippen LogP contribution in [-0.2, 0) is 4.74 Å². The van der Waals surface area contributed by atoms with Crippen LogP contribution in [0.5, 0.6) is 5.75 Å². The van der Waals surface area contributed by atoms with Crippen LogP contribution in [0.3, 0.4) is 0 Å². The third-order valence-electron chi connectivity index (χ3n) is 1.94. The van der Waals surface area contributed by atoms with Crippen molar-refractivity contribution in [3.63, 3.8) is 0 Å². The van der Waals surface area contributed by atoms with E-state index in [1.807, 2.05) is 0 Å². The van der Waals surface area contributed by atoms with Gasteiger partial charge < -0.3 is 9.47 Å². The summed E-state index contributed by atoms with van der Waals surface area (Å²) in [6.45, 7) is 1.96. The predicted octanol–water partition coefficient (Wildman–Crippen LogP) is 2.34. The largest absolute Gasteiger partial charge is 0.496 e. The molecule has 0 amide bonds. The van der Waals surface area contributed by atoms with E-state index < -0.39 is 5.97 Å². The third kappa shape index (κ3) is 2.52. The summed E-state index contributed by atoms with van der Waals surface area (Å²) in [6.07, 6.45) is 0.597. The maximum atomic E-state index is 11.5. The quantitative estimate of drug-likeness (QED) is 0.601. The second-order valence-corrected chi connectivity index (χ2v) is 3.32. The highest BCUT2D eigenvalue weighted by molar-refractivity contribution is 6.33. The van der Waals surface area contributed by atoms with Crippen molar-refractivity contribution in [1.29, 1.82) is 0 Å². The lowest BCUT2D eigenvalue weighted by atomic mass is 10.1. The van der Waals surface area contributed by atoms with Crippen LogP contribution in [0.15, 0.2) is 12.1 Å². The third-order valence-corrected chi connectivity index (χ3v) is 2.27. The van der Waals surface area contributed by atoms with Gasteiger partial charge >= 0.3 is 5.97 Å². The summed E-state index contributed by atoms with van der Waals surface area (Å²) in [5.41, 5.74) is 0.478. The molecule has 0 aliphatic heterocycles. The summed E-state index contributed by atoms with van der Waals surface area (Å²) < 4.78 is 9.82. The van der Waals surface area contributed by atoms with Crippen LogP contribution >= 0.6 is 11.6 Å². The predicted molar refractivity (Wildman–Crippen MR) is 59.3 cm³/mol. The molecule has 0 bridgehead atoms. The van der Waals surface area contributed by atoms with Gasteiger partial charge in [-0.15, -0.1) is 0 Å². The van der Waals surface area contributed by atoms with Crippen molar-refractivity contribution in [1.82, 2.24) is 0 Å². The highest BCUT2D eigenvalue weighted by Gasteiger charge is 2.16. The lowest BCUT2D eigenvalue weighted by Crippen LogP contribution is -2.07. The van der Waals surface area contributed by atoms with Crippen molar-refractivity contribution in [2.45, 2.75) is 6.92 Å². The van der Waals surface area contributed by atoms with Gasteiger partial charge in [0, 0.05) is 5.56 Å². The van der Waals surface area contributed by atoms with Gasteiger partial charge in [-0.2, -0.15) is 0 Å². The molecule has 1 aromatic carbocycles. The topological polar surface area (TPSA) is 52.6 Å². The first-order valence-corrected chi connectivity index (χ1v) is 5.01. The van der Waals surface area contributed by atoms with Gasteiger partial charge in [-0.3, -0.25) is 4.79 Å². The summed E-state index contributed by atoms with van der Waals surface area (Å²) in [5.74, 6) is -0.261. The van der Waals surface area contributed by atoms with Gasteiger partial charge in [0.2, 0.25) is 0 Å². The fraction of sp³-hybridized carbons (Fsp3) is 0.273. The van der Waals surface area contributed by atoms with Gasteiger partial charge in [-0.05, 0) is 19.1 Å². The van der Waals surface area contributed by atoms with E-state index in [1.165, 1.54) is 19.2 Å². The van der Waals surface area contributed by atoms with Crippen LogP contribution in [0, 0.1) is 0 Å². The molecule has 1 aromatic rings. The molecule has 86 valence electrons. The SMILES string of the molecule is CCOC(=O)c1cc(Cl)c(C=O)cc1OC. The van der Waals surface area contributed by atoms with E-state index >= 15 is 0 Å². The maximum absolute atomic E-state index is 11.5. The van der Waals surface area contributed by atoms with Crippen molar-refractivity contribution in [3.05, 3.63) is 28.3 Å². The molecule has 0 atom stereocenters. The second-order valence-electron chi connectivity index (χ2n) is 2.91. The zero-order valence-corrected chi connectivity index (χ0v) is 9.71. The highest BCUT2D eigenvalue weighted by atomic mass is 35.5. The van der Waals surface area contributed by atoms with Crippen LogP contribution in [-0.4, -0.2) is 26.0 Å². The number of carbonyl (C=O) groups excluding carboxylic acids is 2. The summed E-state index contributed by atoms with van der Waals surface area (Å²) in [6, 6.07) is 2.77. The summed E-state index contributed by atoms with van der Waals surface area (Å²) in [7, 11) is 1.40. The fourth-order valence-electron chi connectivity index (χ4n) is 1.20. The molecule has 1 rings (SSSR count). The average molecular weight is 243 g/mol. The Morgan fingerprint density at radius 1 is 1.50 bits per heavy atom. The van der Waals surface area contributed by atoms with Gasteiger partial charge in [0.05, 0.1) is 18.7 Å². The van der Waals surface area contributed by atoms with Crippen molar-refractivity contribution in [3.8, 4) is 5.75 Å². The molecule has 0 heterocycles. The van der Waals surface area contributed by atoms with E-state index in [9.17, 15) is 9.59 Å². The van der Waals surface area contributed by atoms with Crippen LogP contribution < -0.4 is 4.74 Å². The molecule has 0 radical (unpaired) electrons. The van der Waals surface area contributed by atoms with Gasteiger partial charge in [0.15, 0.2) is 6.29 Å². The standard InChI is InChI=1S/C11H11ClO4/c1-3-16-11(14)8-5-9(12)7(6-13)4-10(8)15-2/h4-6H,3H2,1-2H3. The normalized spacial score (nSPS) is 9.69. The molecule has 0 aliphatic carbocycles. The van der Waals surface area contributed by atoms with Gasteiger partial charge in [-0.1, -0.05) is 11.6 Å². The zero-order valence-electron chi connectivity index (χ0n) is 8.95. The number of methoxy groups -OCH3 is 1. The molecule has 5 heteroatoms. The fourth-order valence-corrected chi connectivity index (χ4v) is 1.40. The van der Waals surface area contributed by atoms with Crippen molar-refractivity contribution in [2.75, 3.05) is 13.7 Å². The molecule has 0 aromatic heterocycles. The lowest BCUT2D eigenvalue weighted by molar-refractivity contribution is 0.0522. The minimum atomic E-state index is -0.529. The zero-order chi connectivity index (χ0) is 12.1. The molecule has 0 unspecified atom stereocenters. The molecule has 4 nitrogen and oxygen atoms in total. The van der Waals surface area contributed by atoms with Gasteiger partial charge in [0.1, 0.15) is 11.3 Å². The Balaban J connectivity index is 3.22. The Hall–Kier alpha value is -1.55. The highest BCUT2D eigenvalue weighted by Crippen LogP contribution is 2.26. The molecule has 0 N–H and O–H groups in total.